The molecule has 0 spiro atoms. The number of halogens is 2. The van der Waals surface area contributed by atoms with E-state index in [0.717, 1.165) is 35.1 Å². The Morgan fingerprint density at radius 2 is 1.64 bits per heavy atom. The number of nitrogens with zero attached hydrogens (tertiary/aromatic N) is 1. The van der Waals surface area contributed by atoms with Crippen LogP contribution < -0.4 is 5.32 Å². The van der Waals surface area contributed by atoms with E-state index in [1.807, 2.05) is 62.4 Å². The van der Waals surface area contributed by atoms with Crippen LogP contribution in [-0.2, 0) is 29.0 Å². The highest BCUT2D eigenvalue weighted by Crippen LogP contribution is 2.28. The summed E-state index contributed by atoms with van der Waals surface area (Å²) >= 11 is 13.0. The van der Waals surface area contributed by atoms with Crippen molar-refractivity contribution in [2.45, 2.75) is 59.0 Å². The zero-order valence-corrected chi connectivity index (χ0v) is 22.7. The highest BCUT2D eigenvalue weighted by atomic mass is 35.5. The summed E-state index contributed by atoms with van der Waals surface area (Å²) in [6.07, 6.45) is 2.41. The van der Waals surface area contributed by atoms with Crippen molar-refractivity contribution in [2.75, 3.05) is 6.54 Å². The molecule has 0 saturated carbocycles. The first-order chi connectivity index (χ1) is 17.3. The summed E-state index contributed by atoms with van der Waals surface area (Å²) in [6, 6.07) is 20.4. The fraction of sp³-hybridized carbons (Fsp3) is 0.333. The van der Waals surface area contributed by atoms with Crippen LogP contribution in [0, 0.1) is 13.8 Å². The first kappa shape index (κ1) is 27.8. The first-order valence-electron chi connectivity index (χ1n) is 12.4. The molecule has 2 amide bonds. The summed E-state index contributed by atoms with van der Waals surface area (Å²) in [4.78, 5) is 29.1. The summed E-state index contributed by atoms with van der Waals surface area (Å²) in [5, 5.41) is 3.98. The summed E-state index contributed by atoms with van der Waals surface area (Å²) in [5.41, 5.74) is 4.68. The lowest BCUT2D eigenvalue weighted by atomic mass is 9.99. The van der Waals surface area contributed by atoms with E-state index in [2.05, 4.69) is 12.2 Å². The molecule has 0 saturated heterocycles. The van der Waals surface area contributed by atoms with Crippen LogP contribution in [0.15, 0.2) is 66.7 Å². The van der Waals surface area contributed by atoms with Crippen LogP contribution in [0.3, 0.4) is 0 Å². The van der Waals surface area contributed by atoms with Crippen molar-refractivity contribution in [1.82, 2.24) is 10.2 Å². The van der Waals surface area contributed by atoms with Gasteiger partial charge in [0, 0.05) is 35.1 Å². The van der Waals surface area contributed by atoms with Gasteiger partial charge >= 0.3 is 0 Å². The molecule has 0 aliphatic heterocycles. The van der Waals surface area contributed by atoms with Crippen molar-refractivity contribution >= 4 is 35.0 Å². The lowest BCUT2D eigenvalue weighted by Gasteiger charge is -2.32. The second-order valence-electron chi connectivity index (χ2n) is 9.18. The molecule has 0 fully saturated rings. The molecule has 3 rings (SSSR count). The Kier molecular flexibility index (Phi) is 10.4. The Balaban J connectivity index is 2.02. The smallest absolute Gasteiger partial charge is 0.243 e. The molecule has 4 nitrogen and oxygen atoms in total. The average Bonchev–Trinajstić information content (AvgIpc) is 2.85. The van der Waals surface area contributed by atoms with Gasteiger partial charge < -0.3 is 10.2 Å². The van der Waals surface area contributed by atoms with Crippen molar-refractivity contribution < 1.29 is 9.59 Å². The normalized spacial score (nSPS) is 11.7. The standard InChI is InChI=1S/C30H34Cl2N2O2/c1-4-5-16-33-30(36)28(18-23-10-7-6-8-11-23)34(20-25-26(31)12-9-13-27(25)32)29(35)19-24-17-21(2)14-15-22(24)3/h6-15,17,28H,4-5,16,18-20H2,1-3H3,(H,33,36)/t28-/m1/s1. The number of aryl methyl sites for hydroxylation is 2. The van der Waals surface area contributed by atoms with Crippen molar-refractivity contribution in [3.05, 3.63) is 105 Å². The number of rotatable bonds is 11. The minimum Gasteiger partial charge on any atom is -0.354 e. The highest BCUT2D eigenvalue weighted by molar-refractivity contribution is 6.36. The van der Waals surface area contributed by atoms with Crippen LogP contribution in [0.5, 0.6) is 0 Å². The molecular formula is C30H34Cl2N2O2. The van der Waals surface area contributed by atoms with Crippen molar-refractivity contribution in [1.29, 1.82) is 0 Å². The SMILES string of the molecule is CCCCNC(=O)[C@@H](Cc1ccccc1)N(Cc1c(Cl)cccc1Cl)C(=O)Cc1cc(C)ccc1C. The number of nitrogens with one attached hydrogen (secondary N) is 1. The number of benzene rings is 3. The van der Waals surface area contributed by atoms with Gasteiger partial charge in [0.1, 0.15) is 6.04 Å². The van der Waals surface area contributed by atoms with Gasteiger partial charge in [-0.05, 0) is 49.1 Å². The molecule has 3 aromatic carbocycles. The van der Waals surface area contributed by atoms with E-state index in [9.17, 15) is 9.59 Å². The average molecular weight is 526 g/mol. The molecule has 0 aromatic heterocycles. The molecule has 1 N–H and O–H groups in total. The Morgan fingerprint density at radius 1 is 0.944 bits per heavy atom. The second kappa shape index (κ2) is 13.5. The summed E-state index contributed by atoms with van der Waals surface area (Å²) in [7, 11) is 0. The minimum absolute atomic E-state index is 0.140. The Morgan fingerprint density at radius 3 is 2.31 bits per heavy atom. The summed E-state index contributed by atoms with van der Waals surface area (Å²) < 4.78 is 0. The lowest BCUT2D eigenvalue weighted by Crippen LogP contribution is -2.51. The molecule has 0 aliphatic carbocycles. The fourth-order valence-electron chi connectivity index (χ4n) is 4.17. The van der Waals surface area contributed by atoms with Crippen LogP contribution in [0.2, 0.25) is 10.0 Å². The predicted molar refractivity (Wildman–Crippen MR) is 148 cm³/mol. The molecule has 36 heavy (non-hydrogen) atoms. The van der Waals surface area contributed by atoms with Gasteiger partial charge in [-0.2, -0.15) is 0 Å². The van der Waals surface area contributed by atoms with Crippen LogP contribution >= 0.6 is 23.2 Å². The number of hydrogen-bond acceptors (Lipinski definition) is 2. The fourth-order valence-corrected chi connectivity index (χ4v) is 4.69. The molecule has 0 aliphatic rings. The summed E-state index contributed by atoms with van der Waals surface area (Å²) in [5.74, 6) is -0.323. The molecule has 1 atom stereocenters. The maximum absolute atomic E-state index is 13.9. The van der Waals surface area contributed by atoms with Gasteiger partial charge in [-0.3, -0.25) is 9.59 Å². The number of unbranched alkanes of at least 4 members (excludes halogenated alkanes) is 1. The third-order valence-electron chi connectivity index (χ3n) is 6.34. The number of carbonyl (C=O) groups is 2. The van der Waals surface area contributed by atoms with E-state index in [1.54, 1.807) is 23.1 Å². The number of amides is 2. The monoisotopic (exact) mass is 524 g/mol. The van der Waals surface area contributed by atoms with Gasteiger partial charge in [-0.15, -0.1) is 0 Å². The Bertz CT molecular complexity index is 1160. The van der Waals surface area contributed by atoms with Gasteiger partial charge in [0.05, 0.1) is 6.42 Å². The van der Waals surface area contributed by atoms with E-state index < -0.39 is 6.04 Å². The lowest BCUT2D eigenvalue weighted by molar-refractivity contribution is -0.140. The van der Waals surface area contributed by atoms with Crippen molar-refractivity contribution in [3.8, 4) is 0 Å². The molecule has 3 aromatic rings. The molecule has 6 heteroatoms. The van der Waals surface area contributed by atoms with Gasteiger partial charge in [0.15, 0.2) is 0 Å². The largest absolute Gasteiger partial charge is 0.354 e. The Hall–Kier alpha value is -2.82. The predicted octanol–water partition coefficient (Wildman–Crippen LogP) is 6.71. The third kappa shape index (κ3) is 7.59. The molecule has 0 radical (unpaired) electrons. The van der Waals surface area contributed by atoms with Crippen LogP contribution in [0.25, 0.3) is 0 Å². The molecule has 190 valence electrons. The zero-order chi connectivity index (χ0) is 26.1. The van der Waals surface area contributed by atoms with E-state index in [0.29, 0.717) is 28.6 Å². The van der Waals surface area contributed by atoms with Crippen LogP contribution in [0.1, 0.15) is 47.6 Å². The maximum atomic E-state index is 13.9. The van der Waals surface area contributed by atoms with Gasteiger partial charge in [-0.25, -0.2) is 0 Å². The van der Waals surface area contributed by atoms with Gasteiger partial charge in [-0.1, -0.05) is 96.7 Å². The van der Waals surface area contributed by atoms with Crippen molar-refractivity contribution in [2.24, 2.45) is 0 Å². The molecule has 0 heterocycles. The van der Waals surface area contributed by atoms with E-state index in [1.165, 1.54) is 0 Å². The number of carbonyl (C=O) groups excluding carboxylic acids is 2. The summed E-state index contributed by atoms with van der Waals surface area (Å²) in [6.45, 7) is 6.78. The molecule has 0 bridgehead atoms. The van der Waals surface area contributed by atoms with Crippen molar-refractivity contribution in [3.63, 3.8) is 0 Å². The number of hydrogen-bond donors (Lipinski definition) is 1. The molecule has 0 unspecified atom stereocenters. The minimum atomic E-state index is -0.714. The van der Waals surface area contributed by atoms with E-state index >= 15 is 0 Å². The van der Waals surface area contributed by atoms with E-state index in [4.69, 9.17) is 23.2 Å². The van der Waals surface area contributed by atoms with Crippen LogP contribution in [-0.4, -0.2) is 29.3 Å². The first-order valence-corrected chi connectivity index (χ1v) is 13.2. The highest BCUT2D eigenvalue weighted by Gasteiger charge is 2.31. The maximum Gasteiger partial charge on any atom is 0.243 e. The second-order valence-corrected chi connectivity index (χ2v) is 9.99. The van der Waals surface area contributed by atoms with Crippen LogP contribution in [0.4, 0.5) is 0 Å². The van der Waals surface area contributed by atoms with Gasteiger partial charge in [0.25, 0.3) is 0 Å². The molecular weight excluding hydrogens is 491 g/mol. The van der Waals surface area contributed by atoms with E-state index in [-0.39, 0.29) is 24.8 Å². The topological polar surface area (TPSA) is 49.4 Å². The third-order valence-corrected chi connectivity index (χ3v) is 7.05. The Labute approximate surface area is 224 Å². The zero-order valence-electron chi connectivity index (χ0n) is 21.2. The quantitative estimate of drug-likeness (QED) is 0.283. The van der Waals surface area contributed by atoms with Gasteiger partial charge in [0.2, 0.25) is 11.8 Å².